The highest BCUT2D eigenvalue weighted by atomic mass is 19.1. The first-order valence-corrected chi connectivity index (χ1v) is 10.9. The molecule has 1 saturated carbocycles. The maximum Gasteiger partial charge on any atom is 0.315 e. The first-order valence-electron chi connectivity index (χ1n) is 10.9. The highest BCUT2D eigenvalue weighted by Crippen LogP contribution is 2.28. The van der Waals surface area contributed by atoms with Crippen molar-refractivity contribution in [2.45, 2.75) is 56.7 Å². The number of carbonyl (C=O) groups is 1. The molecule has 3 aromatic rings. The van der Waals surface area contributed by atoms with Gasteiger partial charge in [-0.3, -0.25) is 0 Å². The van der Waals surface area contributed by atoms with Crippen molar-refractivity contribution < 1.29 is 19.0 Å². The third kappa shape index (κ3) is 5.19. The number of carbonyl (C=O) groups excluding carboxylic acids is 1. The lowest BCUT2D eigenvalue weighted by Crippen LogP contribution is -2.47. The number of ether oxygens (including phenoxy) is 1. The molecule has 4 N–H and O–H groups in total. The van der Waals surface area contributed by atoms with Gasteiger partial charge in [0.15, 0.2) is 11.6 Å². The number of aromatic nitrogens is 2. The number of halogens is 1. The van der Waals surface area contributed by atoms with Crippen molar-refractivity contribution in [1.82, 2.24) is 20.6 Å². The van der Waals surface area contributed by atoms with Crippen LogP contribution in [0.3, 0.4) is 0 Å². The van der Waals surface area contributed by atoms with Crippen molar-refractivity contribution in [3.8, 4) is 5.75 Å². The number of methoxy groups -OCH3 is 1. The molecule has 0 saturated heterocycles. The van der Waals surface area contributed by atoms with Crippen molar-refractivity contribution in [3.05, 3.63) is 59.7 Å². The number of hydrogen-bond donors (Lipinski definition) is 4. The van der Waals surface area contributed by atoms with Gasteiger partial charge in [-0.2, -0.15) is 0 Å². The van der Waals surface area contributed by atoms with Gasteiger partial charge in [0.1, 0.15) is 5.82 Å². The summed E-state index contributed by atoms with van der Waals surface area (Å²) in [6.07, 6.45) is 3.10. The number of amides is 2. The van der Waals surface area contributed by atoms with E-state index in [9.17, 15) is 14.3 Å². The summed E-state index contributed by atoms with van der Waals surface area (Å²) in [6.45, 7) is 1.83. The van der Waals surface area contributed by atoms with E-state index in [1.54, 1.807) is 12.1 Å². The van der Waals surface area contributed by atoms with E-state index in [0.29, 0.717) is 30.7 Å². The third-order valence-corrected chi connectivity index (χ3v) is 6.10. The van der Waals surface area contributed by atoms with Crippen molar-refractivity contribution in [2.24, 2.45) is 0 Å². The maximum absolute atomic E-state index is 14.2. The average molecular weight is 441 g/mol. The Kier molecular flexibility index (Phi) is 6.32. The molecule has 0 unspecified atom stereocenters. The van der Waals surface area contributed by atoms with Gasteiger partial charge in [0, 0.05) is 12.5 Å². The molecule has 0 aliphatic heterocycles. The topological polar surface area (TPSA) is 99.3 Å². The minimum absolute atomic E-state index is 0.00461. The summed E-state index contributed by atoms with van der Waals surface area (Å²) in [5.41, 5.74) is 1.71. The molecule has 8 heteroatoms. The Hall–Kier alpha value is -3.13. The molecule has 1 heterocycles. The fourth-order valence-corrected chi connectivity index (χ4v) is 4.20. The van der Waals surface area contributed by atoms with Crippen LogP contribution in [0.25, 0.3) is 11.0 Å². The number of aromatic amines is 1. The maximum atomic E-state index is 14.2. The molecule has 1 aliphatic rings. The van der Waals surface area contributed by atoms with Gasteiger partial charge in [0.2, 0.25) is 0 Å². The van der Waals surface area contributed by atoms with Crippen LogP contribution in [0.2, 0.25) is 0 Å². The molecular formula is C24H29FN4O3. The number of fused-ring (bicyclic) bond motifs is 1. The Bertz CT molecular complexity index is 1050. The van der Waals surface area contributed by atoms with Crippen LogP contribution in [0.1, 0.15) is 50.0 Å². The molecule has 1 atom stereocenters. The molecule has 7 nitrogen and oxygen atoms in total. The minimum atomic E-state index is -0.663. The molecule has 32 heavy (non-hydrogen) atoms. The van der Waals surface area contributed by atoms with Gasteiger partial charge in [0.05, 0.1) is 29.8 Å². The van der Waals surface area contributed by atoms with Crippen LogP contribution in [0.15, 0.2) is 42.5 Å². The number of nitrogens with zero attached hydrogens (tertiary/aromatic N) is 1. The monoisotopic (exact) mass is 440 g/mol. The van der Waals surface area contributed by atoms with E-state index in [2.05, 4.69) is 20.6 Å². The lowest BCUT2D eigenvalue weighted by atomic mass is 9.84. The third-order valence-electron chi connectivity index (χ3n) is 6.10. The van der Waals surface area contributed by atoms with Crippen LogP contribution in [0.4, 0.5) is 9.18 Å². The largest absolute Gasteiger partial charge is 0.494 e. The molecule has 1 aliphatic carbocycles. The SMILES string of the molecule is COc1ccc(C[C@@H](NC(=O)NC2CCC(C)(O)CC2)c2nc3ccccc3[nH]2)cc1F. The predicted octanol–water partition coefficient (Wildman–Crippen LogP) is 3.99. The van der Waals surface area contributed by atoms with E-state index in [4.69, 9.17) is 4.74 Å². The summed E-state index contributed by atoms with van der Waals surface area (Å²) in [7, 11) is 1.42. The van der Waals surface area contributed by atoms with E-state index < -0.39 is 17.5 Å². The van der Waals surface area contributed by atoms with Gasteiger partial charge < -0.3 is 25.5 Å². The Balaban J connectivity index is 1.52. The number of H-pyrrole nitrogens is 1. The zero-order chi connectivity index (χ0) is 22.7. The van der Waals surface area contributed by atoms with E-state index in [-0.39, 0.29) is 17.8 Å². The predicted molar refractivity (Wildman–Crippen MR) is 120 cm³/mol. The Labute approximate surface area is 186 Å². The Morgan fingerprint density at radius 2 is 2.06 bits per heavy atom. The fourth-order valence-electron chi connectivity index (χ4n) is 4.20. The van der Waals surface area contributed by atoms with Gasteiger partial charge in [-0.05, 0) is 62.4 Å². The van der Waals surface area contributed by atoms with Gasteiger partial charge in [0.25, 0.3) is 0 Å². The summed E-state index contributed by atoms with van der Waals surface area (Å²) in [6, 6.07) is 11.6. The molecular weight excluding hydrogens is 411 g/mol. The van der Waals surface area contributed by atoms with Crippen LogP contribution in [-0.4, -0.2) is 39.9 Å². The quantitative estimate of drug-likeness (QED) is 0.466. The number of urea groups is 1. The van der Waals surface area contributed by atoms with E-state index in [1.807, 2.05) is 31.2 Å². The highest BCUT2D eigenvalue weighted by Gasteiger charge is 2.30. The van der Waals surface area contributed by atoms with Crippen LogP contribution < -0.4 is 15.4 Å². The lowest BCUT2D eigenvalue weighted by molar-refractivity contribution is 0.0151. The second kappa shape index (κ2) is 9.16. The highest BCUT2D eigenvalue weighted by molar-refractivity contribution is 5.76. The van der Waals surface area contributed by atoms with Crippen molar-refractivity contribution in [3.63, 3.8) is 0 Å². The Morgan fingerprint density at radius 3 is 2.75 bits per heavy atom. The van der Waals surface area contributed by atoms with E-state index in [0.717, 1.165) is 23.9 Å². The average Bonchev–Trinajstić information content (AvgIpc) is 3.19. The smallest absolute Gasteiger partial charge is 0.315 e. The van der Waals surface area contributed by atoms with Gasteiger partial charge in [-0.15, -0.1) is 0 Å². The number of hydrogen-bond acceptors (Lipinski definition) is 4. The molecule has 4 rings (SSSR count). The van der Waals surface area contributed by atoms with E-state index in [1.165, 1.54) is 13.2 Å². The number of rotatable bonds is 6. The zero-order valence-electron chi connectivity index (χ0n) is 18.3. The molecule has 0 spiro atoms. The van der Waals surface area contributed by atoms with Crippen LogP contribution in [0.5, 0.6) is 5.75 Å². The fraction of sp³-hybridized carbons (Fsp3) is 0.417. The van der Waals surface area contributed by atoms with Crippen molar-refractivity contribution >= 4 is 17.1 Å². The summed E-state index contributed by atoms with van der Waals surface area (Å²) in [5, 5.41) is 16.1. The normalized spacial score (nSPS) is 21.8. The lowest BCUT2D eigenvalue weighted by Gasteiger charge is -2.33. The second-order valence-corrected chi connectivity index (χ2v) is 8.75. The first kappa shape index (κ1) is 22.1. The number of para-hydroxylation sites is 2. The first-order chi connectivity index (χ1) is 15.3. The van der Waals surface area contributed by atoms with Crippen molar-refractivity contribution in [1.29, 1.82) is 0 Å². The number of aliphatic hydroxyl groups is 1. The molecule has 170 valence electrons. The van der Waals surface area contributed by atoms with Crippen molar-refractivity contribution in [2.75, 3.05) is 7.11 Å². The number of imidazole rings is 1. The van der Waals surface area contributed by atoms with E-state index >= 15 is 0 Å². The summed E-state index contributed by atoms with van der Waals surface area (Å²) in [4.78, 5) is 20.7. The van der Waals surface area contributed by atoms with Gasteiger partial charge in [-0.25, -0.2) is 14.2 Å². The summed E-state index contributed by atoms with van der Waals surface area (Å²) >= 11 is 0. The Morgan fingerprint density at radius 1 is 1.31 bits per heavy atom. The van der Waals surface area contributed by atoms with Crippen LogP contribution >= 0.6 is 0 Å². The molecule has 0 radical (unpaired) electrons. The molecule has 1 fully saturated rings. The zero-order valence-corrected chi connectivity index (χ0v) is 18.3. The molecule has 1 aromatic heterocycles. The molecule has 2 amide bonds. The standard InChI is InChI=1S/C24H29FN4O3/c1-24(31)11-9-16(10-12-24)26-23(30)29-20(14-15-7-8-21(32-2)17(25)13-15)22-27-18-5-3-4-6-19(18)28-22/h3-8,13,16,20,31H,9-12,14H2,1-2H3,(H,27,28)(H2,26,29,30)/t16?,20-,24?/m1/s1. The van der Waals surface area contributed by atoms with Crippen LogP contribution in [-0.2, 0) is 6.42 Å². The van der Waals surface area contributed by atoms with Gasteiger partial charge >= 0.3 is 6.03 Å². The van der Waals surface area contributed by atoms with Gasteiger partial charge in [-0.1, -0.05) is 18.2 Å². The summed E-state index contributed by atoms with van der Waals surface area (Å²) < 4.78 is 19.2. The number of benzene rings is 2. The summed E-state index contributed by atoms with van der Waals surface area (Å²) in [5.74, 6) is 0.323. The minimum Gasteiger partial charge on any atom is -0.494 e. The number of nitrogens with one attached hydrogen (secondary N) is 3. The molecule has 2 aromatic carbocycles. The molecule has 0 bridgehead atoms. The van der Waals surface area contributed by atoms with Crippen LogP contribution in [0, 0.1) is 5.82 Å². The second-order valence-electron chi connectivity index (χ2n) is 8.75.